The van der Waals surface area contributed by atoms with Gasteiger partial charge in [-0.1, -0.05) is 0 Å². The van der Waals surface area contributed by atoms with Crippen molar-refractivity contribution in [2.75, 3.05) is 5.32 Å². The molecule has 0 saturated carbocycles. The second-order valence-electron chi connectivity index (χ2n) is 3.25. The van der Waals surface area contributed by atoms with Crippen molar-refractivity contribution in [3.8, 4) is 0 Å². The summed E-state index contributed by atoms with van der Waals surface area (Å²) in [6, 6.07) is 5.31. The average Bonchev–Trinajstić information content (AvgIpc) is 2.20. The summed E-state index contributed by atoms with van der Waals surface area (Å²) in [5, 5.41) is 2.49. The van der Waals surface area contributed by atoms with Crippen molar-refractivity contribution in [3.63, 3.8) is 0 Å². The molecule has 0 spiro atoms. The molecule has 1 N–H and O–H groups in total. The molecule has 1 unspecified atom stereocenters. The summed E-state index contributed by atoms with van der Waals surface area (Å²) in [6.45, 7) is 2.68. The van der Waals surface area contributed by atoms with Gasteiger partial charge in [0.1, 0.15) is 5.82 Å². The zero-order valence-corrected chi connectivity index (χ0v) is 8.99. The molecule has 86 valence electrons. The van der Waals surface area contributed by atoms with E-state index >= 15 is 0 Å². The van der Waals surface area contributed by atoms with E-state index in [0.29, 0.717) is 5.69 Å². The second kappa shape index (κ2) is 5.25. The Morgan fingerprint density at radius 2 is 1.88 bits per heavy atom. The number of rotatable bonds is 3. The van der Waals surface area contributed by atoms with Crippen LogP contribution in [0.5, 0.6) is 0 Å². The van der Waals surface area contributed by atoms with Gasteiger partial charge in [0.2, 0.25) is 0 Å². The van der Waals surface area contributed by atoms with Gasteiger partial charge in [-0.2, -0.15) is 0 Å². The van der Waals surface area contributed by atoms with Gasteiger partial charge in [-0.25, -0.2) is 4.39 Å². The van der Waals surface area contributed by atoms with E-state index in [1.807, 2.05) is 0 Å². The number of hydrogen-bond donors (Lipinski definition) is 1. The minimum Gasteiger partial charge on any atom is -0.453 e. The van der Waals surface area contributed by atoms with Gasteiger partial charge in [-0.05, 0) is 31.2 Å². The largest absolute Gasteiger partial charge is 0.453 e. The quantitative estimate of drug-likeness (QED) is 0.797. The number of esters is 1. The zero-order valence-electron chi connectivity index (χ0n) is 8.99. The normalized spacial score (nSPS) is 11.7. The number of ether oxygens (including phenoxy) is 1. The molecule has 1 rings (SSSR count). The van der Waals surface area contributed by atoms with Gasteiger partial charge in [0.05, 0.1) is 0 Å². The molecule has 4 nitrogen and oxygen atoms in total. The van der Waals surface area contributed by atoms with E-state index in [-0.39, 0.29) is 5.82 Å². The number of anilines is 1. The maximum absolute atomic E-state index is 12.6. The molecule has 1 atom stereocenters. The van der Waals surface area contributed by atoms with Gasteiger partial charge in [-0.15, -0.1) is 0 Å². The number of benzene rings is 1. The SMILES string of the molecule is CC(=O)OC(C)C(=O)Nc1ccc(F)cc1. The fourth-order valence-corrected chi connectivity index (χ4v) is 1.08. The molecule has 0 fully saturated rings. The summed E-state index contributed by atoms with van der Waals surface area (Å²) in [5.74, 6) is -1.37. The topological polar surface area (TPSA) is 55.4 Å². The van der Waals surface area contributed by atoms with E-state index in [4.69, 9.17) is 0 Å². The molecule has 1 aromatic rings. The van der Waals surface area contributed by atoms with Crippen molar-refractivity contribution in [2.24, 2.45) is 0 Å². The van der Waals surface area contributed by atoms with E-state index in [1.165, 1.54) is 38.1 Å². The Balaban J connectivity index is 2.57. The molecule has 0 radical (unpaired) electrons. The molecule has 1 aromatic carbocycles. The molecule has 0 heterocycles. The Morgan fingerprint density at radius 3 is 2.38 bits per heavy atom. The number of carbonyl (C=O) groups is 2. The van der Waals surface area contributed by atoms with Crippen molar-refractivity contribution in [2.45, 2.75) is 20.0 Å². The number of nitrogens with one attached hydrogen (secondary N) is 1. The second-order valence-corrected chi connectivity index (χ2v) is 3.25. The molecule has 0 saturated heterocycles. The van der Waals surface area contributed by atoms with Crippen LogP contribution in [0.3, 0.4) is 0 Å². The first-order valence-electron chi connectivity index (χ1n) is 4.72. The lowest BCUT2D eigenvalue weighted by molar-refractivity contribution is -0.150. The van der Waals surface area contributed by atoms with Crippen LogP contribution >= 0.6 is 0 Å². The van der Waals surface area contributed by atoms with Gasteiger partial charge in [-0.3, -0.25) is 9.59 Å². The highest BCUT2D eigenvalue weighted by Gasteiger charge is 2.15. The van der Waals surface area contributed by atoms with E-state index in [9.17, 15) is 14.0 Å². The fourth-order valence-electron chi connectivity index (χ4n) is 1.08. The number of halogens is 1. The minimum absolute atomic E-state index is 0.383. The summed E-state index contributed by atoms with van der Waals surface area (Å²) in [6.07, 6.45) is -0.873. The van der Waals surface area contributed by atoms with Crippen molar-refractivity contribution < 1.29 is 18.7 Å². The van der Waals surface area contributed by atoms with E-state index < -0.39 is 18.0 Å². The summed E-state index contributed by atoms with van der Waals surface area (Å²) in [4.78, 5) is 22.1. The van der Waals surface area contributed by atoms with E-state index in [1.54, 1.807) is 0 Å². The van der Waals surface area contributed by atoms with Gasteiger partial charge in [0.25, 0.3) is 5.91 Å². The first kappa shape index (κ1) is 12.2. The van der Waals surface area contributed by atoms with Crippen molar-refractivity contribution in [3.05, 3.63) is 30.1 Å². The molecule has 0 aromatic heterocycles. The Kier molecular flexibility index (Phi) is 3.99. The summed E-state index contributed by atoms with van der Waals surface area (Å²) in [5.41, 5.74) is 0.449. The molecular formula is C11H12FNO3. The molecule has 0 aliphatic carbocycles. The van der Waals surface area contributed by atoms with E-state index in [0.717, 1.165) is 0 Å². The summed E-state index contributed by atoms with van der Waals surface area (Å²) in [7, 11) is 0. The van der Waals surface area contributed by atoms with Crippen LogP contribution in [-0.2, 0) is 14.3 Å². The van der Waals surface area contributed by atoms with Crippen molar-refractivity contribution in [1.82, 2.24) is 0 Å². The van der Waals surface area contributed by atoms with Crippen LogP contribution in [-0.4, -0.2) is 18.0 Å². The Morgan fingerprint density at radius 1 is 1.31 bits per heavy atom. The number of carbonyl (C=O) groups excluding carboxylic acids is 2. The van der Waals surface area contributed by atoms with Gasteiger partial charge in [0.15, 0.2) is 6.10 Å². The van der Waals surface area contributed by atoms with Crippen LogP contribution in [0.1, 0.15) is 13.8 Å². The van der Waals surface area contributed by atoms with E-state index in [2.05, 4.69) is 10.1 Å². The van der Waals surface area contributed by atoms with Crippen molar-refractivity contribution >= 4 is 17.6 Å². The molecule has 0 bridgehead atoms. The lowest BCUT2D eigenvalue weighted by Crippen LogP contribution is -2.29. The van der Waals surface area contributed by atoms with Gasteiger partial charge >= 0.3 is 5.97 Å². The standard InChI is InChI=1S/C11H12FNO3/c1-7(16-8(2)14)11(15)13-10-5-3-9(12)4-6-10/h3-7H,1-2H3,(H,13,15). The predicted octanol–water partition coefficient (Wildman–Crippen LogP) is 1.72. The van der Waals surface area contributed by atoms with Crippen LogP contribution in [0.2, 0.25) is 0 Å². The first-order chi connectivity index (χ1) is 7.49. The minimum atomic E-state index is -0.873. The highest BCUT2D eigenvalue weighted by atomic mass is 19.1. The molecule has 5 heteroatoms. The summed E-state index contributed by atoms with van der Waals surface area (Å²) < 4.78 is 17.3. The van der Waals surface area contributed by atoms with Gasteiger partial charge < -0.3 is 10.1 Å². The first-order valence-corrected chi connectivity index (χ1v) is 4.72. The smallest absolute Gasteiger partial charge is 0.303 e. The molecule has 1 amide bonds. The highest BCUT2D eigenvalue weighted by Crippen LogP contribution is 2.09. The molecule has 16 heavy (non-hydrogen) atoms. The van der Waals surface area contributed by atoms with Crippen LogP contribution in [0.25, 0.3) is 0 Å². The third kappa shape index (κ3) is 3.68. The Bertz CT molecular complexity index is 389. The zero-order chi connectivity index (χ0) is 12.1. The third-order valence-corrected chi connectivity index (χ3v) is 1.82. The Hall–Kier alpha value is -1.91. The highest BCUT2D eigenvalue weighted by molar-refractivity contribution is 5.94. The summed E-state index contributed by atoms with van der Waals surface area (Å²) >= 11 is 0. The van der Waals surface area contributed by atoms with Crippen LogP contribution in [0.4, 0.5) is 10.1 Å². The van der Waals surface area contributed by atoms with Crippen molar-refractivity contribution in [1.29, 1.82) is 0 Å². The molecule has 0 aliphatic heterocycles. The predicted molar refractivity (Wildman–Crippen MR) is 56.3 cm³/mol. The fraction of sp³-hybridized carbons (Fsp3) is 0.273. The third-order valence-electron chi connectivity index (χ3n) is 1.82. The monoisotopic (exact) mass is 225 g/mol. The lowest BCUT2D eigenvalue weighted by Gasteiger charge is -2.11. The number of hydrogen-bond acceptors (Lipinski definition) is 3. The maximum Gasteiger partial charge on any atom is 0.303 e. The molecular weight excluding hydrogens is 213 g/mol. The Labute approximate surface area is 92.4 Å². The van der Waals surface area contributed by atoms with Crippen LogP contribution < -0.4 is 5.32 Å². The van der Waals surface area contributed by atoms with Crippen LogP contribution in [0, 0.1) is 5.82 Å². The lowest BCUT2D eigenvalue weighted by atomic mass is 10.3. The maximum atomic E-state index is 12.6. The molecule has 0 aliphatic rings. The van der Waals surface area contributed by atoms with Gasteiger partial charge in [0, 0.05) is 12.6 Å². The average molecular weight is 225 g/mol. The van der Waals surface area contributed by atoms with Crippen LogP contribution in [0.15, 0.2) is 24.3 Å². The number of amides is 1.